The second-order valence-corrected chi connectivity index (χ2v) is 8.63. The molecule has 0 atom stereocenters. The first-order valence-electron chi connectivity index (χ1n) is 10.9. The summed E-state index contributed by atoms with van der Waals surface area (Å²) in [6.45, 7) is 4.51. The molecule has 0 fully saturated rings. The van der Waals surface area contributed by atoms with Crippen molar-refractivity contribution >= 4 is 29.1 Å². The molecule has 0 saturated carbocycles. The zero-order valence-corrected chi connectivity index (χ0v) is 19.7. The lowest BCUT2D eigenvalue weighted by Gasteiger charge is -2.24. The quantitative estimate of drug-likeness (QED) is 0.300. The minimum Gasteiger partial charge on any atom is -0.457 e. The number of alkyl halides is 1. The van der Waals surface area contributed by atoms with Gasteiger partial charge in [-0.15, -0.1) is 11.6 Å². The van der Waals surface area contributed by atoms with E-state index in [-0.39, 0.29) is 17.7 Å². The van der Waals surface area contributed by atoms with Crippen molar-refractivity contribution in [2.24, 2.45) is 5.41 Å². The number of carbonyl (C=O) groups is 2. The number of hydrogen-bond donors (Lipinski definition) is 1. The van der Waals surface area contributed by atoms with Gasteiger partial charge in [0, 0.05) is 30.2 Å². The highest BCUT2D eigenvalue weighted by molar-refractivity contribution is 6.19. The van der Waals surface area contributed by atoms with Gasteiger partial charge in [-0.25, -0.2) is 0 Å². The van der Waals surface area contributed by atoms with Crippen LogP contribution in [0, 0.1) is 5.41 Å². The predicted octanol–water partition coefficient (Wildman–Crippen LogP) is 5.90. The second kappa shape index (κ2) is 11.5. The molecule has 3 rings (SSSR count). The Labute approximate surface area is 200 Å². The third-order valence-corrected chi connectivity index (χ3v) is 5.85. The molecular formula is C27H29ClN2O3. The molecule has 0 aliphatic heterocycles. The Kier molecular flexibility index (Phi) is 8.50. The minimum atomic E-state index is -0.629. The van der Waals surface area contributed by atoms with Crippen LogP contribution in [0.5, 0.6) is 11.5 Å². The third-order valence-electron chi connectivity index (χ3n) is 5.19. The Bertz CT molecular complexity index is 1040. The van der Waals surface area contributed by atoms with Gasteiger partial charge >= 0.3 is 0 Å². The van der Waals surface area contributed by atoms with Gasteiger partial charge in [-0.1, -0.05) is 36.4 Å². The van der Waals surface area contributed by atoms with E-state index < -0.39 is 5.41 Å². The average Bonchev–Trinajstić information content (AvgIpc) is 2.85. The van der Waals surface area contributed by atoms with Crippen LogP contribution in [0.2, 0.25) is 0 Å². The maximum Gasteiger partial charge on any atom is 0.258 e. The van der Waals surface area contributed by atoms with Crippen LogP contribution < -0.4 is 15.0 Å². The lowest BCUT2D eigenvalue weighted by Crippen LogP contribution is -2.40. The maximum atomic E-state index is 13.2. The Morgan fingerprint density at radius 2 is 1.45 bits per heavy atom. The Morgan fingerprint density at radius 3 is 2.06 bits per heavy atom. The summed E-state index contributed by atoms with van der Waals surface area (Å²) in [6, 6.07) is 26.1. The summed E-state index contributed by atoms with van der Waals surface area (Å²) >= 11 is 5.88. The highest BCUT2D eigenvalue weighted by Crippen LogP contribution is 2.25. The molecule has 0 saturated heterocycles. The van der Waals surface area contributed by atoms with E-state index in [4.69, 9.17) is 16.3 Å². The number of rotatable bonds is 10. The average molecular weight is 465 g/mol. The smallest absolute Gasteiger partial charge is 0.258 e. The van der Waals surface area contributed by atoms with E-state index in [1.165, 1.54) is 0 Å². The second-order valence-electron chi connectivity index (χ2n) is 8.36. The van der Waals surface area contributed by atoms with E-state index in [2.05, 4.69) is 5.32 Å². The topological polar surface area (TPSA) is 58.6 Å². The molecule has 0 unspecified atom stereocenters. The summed E-state index contributed by atoms with van der Waals surface area (Å²) in [4.78, 5) is 27.2. The molecule has 0 radical (unpaired) electrons. The summed E-state index contributed by atoms with van der Waals surface area (Å²) in [5, 5.41) is 2.91. The van der Waals surface area contributed by atoms with Crippen LogP contribution in [0.25, 0.3) is 0 Å². The van der Waals surface area contributed by atoms with Gasteiger partial charge in [0.25, 0.3) is 5.91 Å². The van der Waals surface area contributed by atoms with Crippen molar-refractivity contribution in [3.8, 4) is 11.5 Å². The molecule has 6 heteroatoms. The largest absolute Gasteiger partial charge is 0.457 e. The summed E-state index contributed by atoms with van der Waals surface area (Å²) in [6.07, 6.45) is 0.602. The number of para-hydroxylation sites is 1. The van der Waals surface area contributed by atoms with Crippen molar-refractivity contribution in [2.75, 3.05) is 23.9 Å². The molecule has 0 aliphatic carbocycles. The first kappa shape index (κ1) is 24.3. The Balaban J connectivity index is 1.70. The predicted molar refractivity (Wildman–Crippen MR) is 133 cm³/mol. The fourth-order valence-corrected chi connectivity index (χ4v) is 3.26. The number of hydrogen-bond acceptors (Lipinski definition) is 3. The molecule has 172 valence electrons. The third kappa shape index (κ3) is 6.83. The van der Waals surface area contributed by atoms with E-state index in [9.17, 15) is 9.59 Å². The maximum absolute atomic E-state index is 13.2. The van der Waals surface area contributed by atoms with Crippen molar-refractivity contribution in [2.45, 2.75) is 20.3 Å². The SMILES string of the molecule is CC(C)(CCl)C(=O)NCCCN(C(=O)c1ccccc1)c1ccc(Oc2ccccc2)cc1. The lowest BCUT2D eigenvalue weighted by atomic mass is 9.95. The zero-order valence-electron chi connectivity index (χ0n) is 19.0. The number of carbonyl (C=O) groups excluding carboxylic acids is 2. The highest BCUT2D eigenvalue weighted by Gasteiger charge is 2.26. The normalized spacial score (nSPS) is 11.0. The van der Waals surface area contributed by atoms with Gasteiger partial charge in [0.2, 0.25) is 5.91 Å². The van der Waals surface area contributed by atoms with E-state index in [1.54, 1.807) is 30.9 Å². The number of nitrogens with one attached hydrogen (secondary N) is 1. The minimum absolute atomic E-state index is 0.0964. The molecule has 1 N–H and O–H groups in total. The molecule has 33 heavy (non-hydrogen) atoms. The molecule has 2 amide bonds. The summed E-state index contributed by atoms with van der Waals surface area (Å²) in [7, 11) is 0. The number of benzene rings is 3. The van der Waals surface area contributed by atoms with Gasteiger partial charge < -0.3 is 15.0 Å². The van der Waals surface area contributed by atoms with Crippen LogP contribution in [0.3, 0.4) is 0 Å². The van der Waals surface area contributed by atoms with Crippen molar-refractivity contribution in [1.82, 2.24) is 5.32 Å². The first-order valence-corrected chi connectivity index (χ1v) is 11.5. The van der Waals surface area contributed by atoms with Crippen LogP contribution in [-0.2, 0) is 4.79 Å². The molecule has 0 bridgehead atoms. The fraction of sp³-hybridized carbons (Fsp3) is 0.259. The summed E-state index contributed by atoms with van der Waals surface area (Å²) in [5.41, 5.74) is 0.737. The van der Waals surface area contributed by atoms with Crippen LogP contribution in [0.15, 0.2) is 84.9 Å². The number of nitrogens with zero attached hydrogens (tertiary/aromatic N) is 1. The molecule has 3 aromatic carbocycles. The van der Waals surface area contributed by atoms with Crippen molar-refractivity contribution < 1.29 is 14.3 Å². The molecule has 0 aliphatic rings. The molecule has 0 heterocycles. The van der Waals surface area contributed by atoms with Crippen LogP contribution in [0.1, 0.15) is 30.6 Å². The number of halogens is 1. The Morgan fingerprint density at radius 1 is 0.879 bits per heavy atom. The molecule has 0 aromatic heterocycles. The Hall–Kier alpha value is -3.31. The van der Waals surface area contributed by atoms with Gasteiger partial charge in [0.15, 0.2) is 0 Å². The van der Waals surface area contributed by atoms with Gasteiger partial charge in [-0.3, -0.25) is 9.59 Å². The molecule has 3 aromatic rings. The van der Waals surface area contributed by atoms with E-state index in [0.29, 0.717) is 30.8 Å². The van der Waals surface area contributed by atoms with Gasteiger partial charge in [-0.2, -0.15) is 0 Å². The van der Waals surface area contributed by atoms with Crippen LogP contribution in [-0.4, -0.2) is 30.8 Å². The number of anilines is 1. The summed E-state index contributed by atoms with van der Waals surface area (Å²) < 4.78 is 5.86. The highest BCUT2D eigenvalue weighted by atomic mass is 35.5. The zero-order chi connectivity index (χ0) is 23.7. The summed E-state index contributed by atoms with van der Waals surface area (Å²) in [5.74, 6) is 1.49. The van der Waals surface area contributed by atoms with Crippen LogP contribution in [0.4, 0.5) is 5.69 Å². The molecular weight excluding hydrogens is 436 g/mol. The van der Waals surface area contributed by atoms with Crippen molar-refractivity contribution in [3.05, 3.63) is 90.5 Å². The molecule has 0 spiro atoms. The fourth-order valence-electron chi connectivity index (χ4n) is 3.14. The first-order chi connectivity index (χ1) is 15.9. The van der Waals surface area contributed by atoms with Gasteiger partial charge in [0.1, 0.15) is 11.5 Å². The lowest BCUT2D eigenvalue weighted by molar-refractivity contribution is -0.128. The van der Waals surface area contributed by atoms with E-state index in [0.717, 1.165) is 11.4 Å². The van der Waals surface area contributed by atoms with Crippen molar-refractivity contribution in [3.63, 3.8) is 0 Å². The standard InChI is InChI=1S/C27H29ClN2O3/c1-27(2,20-28)26(32)29-18-9-19-30(25(31)21-10-5-3-6-11-21)22-14-16-24(17-15-22)33-23-12-7-4-8-13-23/h3-8,10-17H,9,18-20H2,1-2H3,(H,29,32). The van der Waals surface area contributed by atoms with E-state index >= 15 is 0 Å². The molecule has 5 nitrogen and oxygen atoms in total. The van der Waals surface area contributed by atoms with Gasteiger partial charge in [-0.05, 0) is 68.8 Å². The number of ether oxygens (including phenoxy) is 1. The van der Waals surface area contributed by atoms with Crippen molar-refractivity contribution in [1.29, 1.82) is 0 Å². The van der Waals surface area contributed by atoms with Gasteiger partial charge in [0.05, 0.1) is 5.41 Å². The van der Waals surface area contributed by atoms with E-state index in [1.807, 2.05) is 72.8 Å². The van der Waals surface area contributed by atoms with Crippen LogP contribution >= 0.6 is 11.6 Å². The monoisotopic (exact) mass is 464 g/mol. The number of amides is 2.